The Morgan fingerprint density at radius 3 is 2.89 bits per heavy atom. The summed E-state index contributed by atoms with van der Waals surface area (Å²) in [4.78, 5) is 2.43. The molecular formula is C15H23ClN2. The number of piperidine rings is 1. The van der Waals surface area contributed by atoms with Gasteiger partial charge < -0.3 is 10.2 Å². The fraction of sp³-hybridized carbons (Fsp3) is 0.600. The summed E-state index contributed by atoms with van der Waals surface area (Å²) in [7, 11) is 2.21. The first-order valence-electron chi connectivity index (χ1n) is 6.77. The smallest absolute Gasteiger partial charge is 0.0455 e. The zero-order chi connectivity index (χ0) is 13.1. The van der Waals surface area contributed by atoms with Crippen molar-refractivity contribution in [2.45, 2.75) is 32.7 Å². The number of halogens is 1. The first-order valence-corrected chi connectivity index (χ1v) is 7.15. The second-order valence-corrected chi connectivity index (χ2v) is 5.97. The van der Waals surface area contributed by atoms with Gasteiger partial charge in [0, 0.05) is 23.3 Å². The summed E-state index contributed by atoms with van der Waals surface area (Å²) in [5, 5.41) is 4.43. The number of aryl methyl sites for hydroxylation is 1. The van der Waals surface area contributed by atoms with Gasteiger partial charge in [0.05, 0.1) is 0 Å². The van der Waals surface area contributed by atoms with Crippen LogP contribution in [0.25, 0.3) is 0 Å². The monoisotopic (exact) mass is 266 g/mol. The van der Waals surface area contributed by atoms with Crippen LogP contribution < -0.4 is 5.32 Å². The lowest BCUT2D eigenvalue weighted by molar-refractivity contribution is 0.197. The summed E-state index contributed by atoms with van der Waals surface area (Å²) >= 11 is 6.16. The number of anilines is 1. The van der Waals surface area contributed by atoms with Crippen LogP contribution in [0.15, 0.2) is 18.2 Å². The Hall–Kier alpha value is -0.730. The van der Waals surface area contributed by atoms with Crippen molar-refractivity contribution in [2.24, 2.45) is 5.92 Å². The maximum Gasteiger partial charge on any atom is 0.0455 e. The van der Waals surface area contributed by atoms with E-state index in [1.165, 1.54) is 25.9 Å². The lowest BCUT2D eigenvalue weighted by atomic mass is 9.91. The molecule has 1 aliphatic heterocycles. The van der Waals surface area contributed by atoms with E-state index in [-0.39, 0.29) is 0 Å². The minimum Gasteiger partial charge on any atom is -0.382 e. The lowest BCUT2D eigenvalue weighted by Crippen LogP contribution is -2.39. The first kappa shape index (κ1) is 13.7. The van der Waals surface area contributed by atoms with E-state index in [0.29, 0.717) is 6.04 Å². The van der Waals surface area contributed by atoms with Crippen LogP contribution in [0.4, 0.5) is 5.69 Å². The van der Waals surface area contributed by atoms with Gasteiger partial charge in [-0.3, -0.25) is 0 Å². The molecular weight excluding hydrogens is 244 g/mol. The van der Waals surface area contributed by atoms with E-state index in [9.17, 15) is 0 Å². The second kappa shape index (κ2) is 5.94. The van der Waals surface area contributed by atoms with Gasteiger partial charge >= 0.3 is 0 Å². The third kappa shape index (κ3) is 3.39. The highest BCUT2D eigenvalue weighted by Crippen LogP contribution is 2.24. The van der Waals surface area contributed by atoms with Crippen molar-refractivity contribution in [2.75, 3.05) is 25.5 Å². The number of hydrogen-bond donors (Lipinski definition) is 1. The summed E-state index contributed by atoms with van der Waals surface area (Å²) in [6.07, 6.45) is 2.62. The van der Waals surface area contributed by atoms with Gasteiger partial charge in [0.25, 0.3) is 0 Å². The molecule has 0 bridgehead atoms. The van der Waals surface area contributed by atoms with Crippen LogP contribution in [0.5, 0.6) is 0 Å². The summed E-state index contributed by atoms with van der Waals surface area (Å²) in [6.45, 7) is 6.73. The van der Waals surface area contributed by atoms with E-state index in [1.807, 2.05) is 13.0 Å². The highest BCUT2D eigenvalue weighted by atomic mass is 35.5. The molecule has 0 amide bonds. The number of hydrogen-bond acceptors (Lipinski definition) is 2. The number of likely N-dealkylation sites (tertiary alicyclic amines) is 1. The quantitative estimate of drug-likeness (QED) is 0.896. The SMILES string of the molecule is Cc1ccc(NC(C)C2CCCN(C)C2)cc1Cl. The molecule has 0 spiro atoms. The van der Waals surface area contributed by atoms with Gasteiger partial charge in [0.15, 0.2) is 0 Å². The highest BCUT2D eigenvalue weighted by Gasteiger charge is 2.22. The van der Waals surface area contributed by atoms with Crippen LogP contribution in [0.3, 0.4) is 0 Å². The zero-order valence-electron chi connectivity index (χ0n) is 11.5. The molecule has 1 aromatic rings. The predicted molar refractivity (Wildman–Crippen MR) is 79.5 cm³/mol. The molecule has 1 aliphatic rings. The van der Waals surface area contributed by atoms with E-state index in [1.54, 1.807) is 0 Å². The van der Waals surface area contributed by atoms with E-state index in [2.05, 4.69) is 36.3 Å². The third-order valence-electron chi connectivity index (χ3n) is 3.93. The summed E-state index contributed by atoms with van der Waals surface area (Å²) < 4.78 is 0. The largest absolute Gasteiger partial charge is 0.382 e. The van der Waals surface area contributed by atoms with Gasteiger partial charge in [0.1, 0.15) is 0 Å². The number of nitrogens with zero attached hydrogens (tertiary/aromatic N) is 1. The van der Waals surface area contributed by atoms with E-state index in [0.717, 1.165) is 22.2 Å². The van der Waals surface area contributed by atoms with Crippen molar-refractivity contribution in [3.63, 3.8) is 0 Å². The molecule has 0 saturated carbocycles. The molecule has 1 fully saturated rings. The Morgan fingerprint density at radius 1 is 1.44 bits per heavy atom. The molecule has 0 radical (unpaired) electrons. The molecule has 1 saturated heterocycles. The van der Waals surface area contributed by atoms with Crippen LogP contribution in [0, 0.1) is 12.8 Å². The minimum atomic E-state index is 0.492. The normalized spacial score (nSPS) is 22.8. The Bertz CT molecular complexity index is 405. The molecule has 2 unspecified atom stereocenters. The summed E-state index contributed by atoms with van der Waals surface area (Å²) in [6, 6.07) is 6.71. The van der Waals surface area contributed by atoms with Crippen LogP contribution in [-0.4, -0.2) is 31.1 Å². The predicted octanol–water partition coefficient (Wildman–Crippen LogP) is 3.79. The van der Waals surface area contributed by atoms with Gasteiger partial charge in [0.2, 0.25) is 0 Å². The number of rotatable bonds is 3. The Morgan fingerprint density at radius 2 is 2.22 bits per heavy atom. The number of nitrogens with one attached hydrogen (secondary N) is 1. The van der Waals surface area contributed by atoms with Crippen LogP contribution in [0.2, 0.25) is 5.02 Å². The molecule has 18 heavy (non-hydrogen) atoms. The maximum absolute atomic E-state index is 6.16. The number of benzene rings is 1. The van der Waals surface area contributed by atoms with E-state index >= 15 is 0 Å². The first-order chi connectivity index (χ1) is 8.56. The molecule has 2 nitrogen and oxygen atoms in total. The average Bonchev–Trinajstić information content (AvgIpc) is 2.34. The third-order valence-corrected chi connectivity index (χ3v) is 4.34. The standard InChI is InChI=1S/C15H23ClN2/c1-11-6-7-14(9-15(11)16)17-12(2)13-5-4-8-18(3)10-13/h6-7,9,12-13,17H,4-5,8,10H2,1-3H3. The van der Waals surface area contributed by atoms with Crippen molar-refractivity contribution >= 4 is 17.3 Å². The Balaban J connectivity index is 1.97. The zero-order valence-corrected chi connectivity index (χ0v) is 12.3. The van der Waals surface area contributed by atoms with Crippen molar-refractivity contribution < 1.29 is 0 Å². The minimum absolute atomic E-state index is 0.492. The summed E-state index contributed by atoms with van der Waals surface area (Å²) in [5.74, 6) is 0.726. The molecule has 1 N–H and O–H groups in total. The molecule has 0 aliphatic carbocycles. The summed E-state index contributed by atoms with van der Waals surface area (Å²) in [5.41, 5.74) is 2.26. The van der Waals surface area contributed by atoms with Crippen LogP contribution in [0.1, 0.15) is 25.3 Å². The molecule has 0 aromatic heterocycles. The fourth-order valence-electron chi connectivity index (χ4n) is 2.68. The van der Waals surface area contributed by atoms with Crippen molar-refractivity contribution in [3.05, 3.63) is 28.8 Å². The van der Waals surface area contributed by atoms with Crippen LogP contribution in [-0.2, 0) is 0 Å². The van der Waals surface area contributed by atoms with Gasteiger partial charge in [-0.2, -0.15) is 0 Å². The second-order valence-electron chi connectivity index (χ2n) is 5.56. The Kier molecular flexibility index (Phi) is 4.52. The molecule has 2 atom stereocenters. The molecule has 2 rings (SSSR count). The topological polar surface area (TPSA) is 15.3 Å². The highest BCUT2D eigenvalue weighted by molar-refractivity contribution is 6.31. The van der Waals surface area contributed by atoms with Gasteiger partial charge in [-0.1, -0.05) is 17.7 Å². The maximum atomic E-state index is 6.16. The van der Waals surface area contributed by atoms with E-state index < -0.39 is 0 Å². The van der Waals surface area contributed by atoms with Gasteiger partial charge in [-0.25, -0.2) is 0 Å². The van der Waals surface area contributed by atoms with Crippen molar-refractivity contribution in [1.29, 1.82) is 0 Å². The Labute approximate surface area is 115 Å². The van der Waals surface area contributed by atoms with Crippen LogP contribution >= 0.6 is 11.6 Å². The fourth-order valence-corrected chi connectivity index (χ4v) is 2.86. The molecule has 1 aromatic carbocycles. The lowest BCUT2D eigenvalue weighted by Gasteiger charge is -2.34. The van der Waals surface area contributed by atoms with E-state index in [4.69, 9.17) is 11.6 Å². The van der Waals surface area contributed by atoms with Crippen molar-refractivity contribution in [1.82, 2.24) is 4.90 Å². The average molecular weight is 267 g/mol. The van der Waals surface area contributed by atoms with Crippen molar-refractivity contribution in [3.8, 4) is 0 Å². The molecule has 3 heteroatoms. The van der Waals surface area contributed by atoms with Gasteiger partial charge in [-0.15, -0.1) is 0 Å². The molecule has 100 valence electrons. The molecule has 1 heterocycles. The van der Waals surface area contributed by atoms with Gasteiger partial charge in [-0.05, 0) is 63.9 Å².